The van der Waals surface area contributed by atoms with E-state index in [-0.39, 0.29) is 6.61 Å². The number of carbonyl (C=O) groups excluding carboxylic acids is 3. The molecular formula is C21H26F3NO5. The van der Waals surface area contributed by atoms with Crippen LogP contribution in [0.25, 0.3) is 0 Å². The molecule has 1 heterocycles. The van der Waals surface area contributed by atoms with E-state index in [4.69, 9.17) is 9.47 Å². The molecule has 1 aromatic carbocycles. The third-order valence-corrected chi connectivity index (χ3v) is 4.47. The van der Waals surface area contributed by atoms with Crippen LogP contribution in [0, 0.1) is 5.92 Å². The molecule has 1 aliphatic heterocycles. The molecule has 166 valence electrons. The zero-order chi connectivity index (χ0) is 22.5. The molecule has 6 nitrogen and oxygen atoms in total. The summed E-state index contributed by atoms with van der Waals surface area (Å²) >= 11 is 0. The number of benzene rings is 1. The number of esters is 1. The highest BCUT2D eigenvalue weighted by molar-refractivity contribution is 5.96. The first-order chi connectivity index (χ1) is 13.9. The Kier molecular flexibility index (Phi) is 7.49. The van der Waals surface area contributed by atoms with E-state index in [1.807, 2.05) is 18.2 Å². The summed E-state index contributed by atoms with van der Waals surface area (Å²) < 4.78 is 48.5. The fourth-order valence-electron chi connectivity index (χ4n) is 3.20. The Bertz CT molecular complexity index is 758. The molecule has 0 radical (unpaired) electrons. The molecule has 1 saturated heterocycles. The van der Waals surface area contributed by atoms with Gasteiger partial charge in [0, 0.05) is 12.3 Å². The van der Waals surface area contributed by atoms with Crippen LogP contribution in [0.5, 0.6) is 0 Å². The zero-order valence-corrected chi connectivity index (χ0v) is 17.2. The van der Waals surface area contributed by atoms with Gasteiger partial charge in [-0.15, -0.1) is 0 Å². The molecule has 0 N–H and O–H groups in total. The molecule has 0 saturated carbocycles. The number of alkyl halides is 3. The van der Waals surface area contributed by atoms with Crippen LogP contribution >= 0.6 is 0 Å². The quantitative estimate of drug-likeness (QED) is 0.606. The summed E-state index contributed by atoms with van der Waals surface area (Å²) in [6.07, 6.45) is -7.53. The molecule has 0 aromatic heterocycles. The third-order valence-electron chi connectivity index (χ3n) is 4.47. The molecule has 9 heteroatoms. The van der Waals surface area contributed by atoms with Gasteiger partial charge in [0.2, 0.25) is 5.91 Å². The van der Waals surface area contributed by atoms with Gasteiger partial charge in [0.1, 0.15) is 12.2 Å². The number of nitrogens with zero attached hydrogens (tertiary/aromatic N) is 1. The number of ether oxygens (including phenoxy) is 2. The molecule has 0 bridgehead atoms. The number of imide groups is 1. The average Bonchev–Trinajstić information content (AvgIpc) is 2.97. The summed E-state index contributed by atoms with van der Waals surface area (Å²) in [6.45, 7) is 4.79. The van der Waals surface area contributed by atoms with Crippen LogP contribution < -0.4 is 0 Å². The van der Waals surface area contributed by atoms with E-state index in [1.165, 1.54) is 0 Å². The lowest BCUT2D eigenvalue weighted by Crippen LogP contribution is -2.44. The molecule has 0 spiro atoms. The van der Waals surface area contributed by atoms with E-state index in [1.54, 1.807) is 32.9 Å². The molecular weight excluding hydrogens is 403 g/mol. The predicted octanol–water partition coefficient (Wildman–Crippen LogP) is 4.27. The fourth-order valence-corrected chi connectivity index (χ4v) is 3.20. The average molecular weight is 429 g/mol. The molecule has 2 rings (SSSR count). The summed E-state index contributed by atoms with van der Waals surface area (Å²) in [5.41, 5.74) is -0.00509. The second-order valence-electron chi connectivity index (χ2n) is 8.27. The van der Waals surface area contributed by atoms with E-state index >= 15 is 0 Å². The minimum Gasteiger partial charge on any atom is -0.460 e. The van der Waals surface area contributed by atoms with Crippen LogP contribution in [-0.4, -0.2) is 47.3 Å². The highest BCUT2D eigenvalue weighted by atomic mass is 19.4. The molecule has 30 heavy (non-hydrogen) atoms. The number of amides is 2. The van der Waals surface area contributed by atoms with Crippen molar-refractivity contribution in [3.8, 4) is 0 Å². The maximum Gasteiger partial charge on any atom is 0.416 e. The predicted molar refractivity (Wildman–Crippen MR) is 101 cm³/mol. The summed E-state index contributed by atoms with van der Waals surface area (Å²) in [5, 5.41) is 0. The van der Waals surface area contributed by atoms with Crippen molar-refractivity contribution < 1.29 is 37.0 Å². The summed E-state index contributed by atoms with van der Waals surface area (Å²) in [5.74, 6) is -2.99. The highest BCUT2D eigenvalue weighted by Crippen LogP contribution is 2.29. The van der Waals surface area contributed by atoms with Crippen LogP contribution in [0.3, 0.4) is 0 Å². The molecule has 1 aromatic rings. The largest absolute Gasteiger partial charge is 0.460 e. The van der Waals surface area contributed by atoms with E-state index in [2.05, 4.69) is 0 Å². The van der Waals surface area contributed by atoms with Crippen LogP contribution in [0.4, 0.5) is 18.0 Å². The Morgan fingerprint density at radius 2 is 1.83 bits per heavy atom. The molecule has 2 amide bonds. The number of rotatable bonds is 7. The minimum absolute atomic E-state index is 0.0576. The number of hydrogen-bond acceptors (Lipinski definition) is 5. The van der Waals surface area contributed by atoms with Crippen molar-refractivity contribution in [2.24, 2.45) is 5.92 Å². The molecule has 0 aliphatic carbocycles. The van der Waals surface area contributed by atoms with Gasteiger partial charge in [-0.2, -0.15) is 13.2 Å². The first kappa shape index (κ1) is 23.7. The molecule has 1 aliphatic rings. The number of halogens is 3. The van der Waals surface area contributed by atoms with Gasteiger partial charge in [-0.3, -0.25) is 9.59 Å². The lowest BCUT2D eigenvalue weighted by molar-refractivity contribution is -0.161. The second kappa shape index (κ2) is 9.49. The summed E-state index contributed by atoms with van der Waals surface area (Å²) in [6, 6.07) is 8.39. The van der Waals surface area contributed by atoms with Crippen molar-refractivity contribution in [3.63, 3.8) is 0 Å². The van der Waals surface area contributed by atoms with Gasteiger partial charge in [-0.05, 0) is 39.2 Å². The van der Waals surface area contributed by atoms with Gasteiger partial charge in [-0.1, -0.05) is 30.3 Å². The lowest BCUT2D eigenvalue weighted by Gasteiger charge is -2.26. The maximum absolute atomic E-state index is 13.0. The fraction of sp³-hybridized carbons (Fsp3) is 0.571. The Balaban J connectivity index is 2.18. The van der Waals surface area contributed by atoms with E-state index < -0.39 is 61.0 Å². The third kappa shape index (κ3) is 7.35. The van der Waals surface area contributed by atoms with Crippen molar-refractivity contribution in [2.75, 3.05) is 6.61 Å². The normalized spacial score (nSPS) is 18.1. The highest BCUT2D eigenvalue weighted by Gasteiger charge is 2.42. The Labute approximate surface area is 173 Å². The first-order valence-electron chi connectivity index (χ1n) is 9.68. The van der Waals surface area contributed by atoms with E-state index in [9.17, 15) is 27.6 Å². The second-order valence-corrected chi connectivity index (χ2v) is 8.27. The van der Waals surface area contributed by atoms with Gasteiger partial charge < -0.3 is 9.47 Å². The monoisotopic (exact) mass is 429 g/mol. The standard InChI is InChI=1S/C21H26F3NO5/c1-20(2,3)30-17(26)12-15(9-10-21(22,23)24)18(27)25-16(13-29-19(25)28)11-14-7-5-4-6-8-14/h4-8,15-16H,9-13H2,1-3H3. The van der Waals surface area contributed by atoms with Crippen LogP contribution in [0.1, 0.15) is 45.6 Å². The van der Waals surface area contributed by atoms with Crippen molar-refractivity contribution in [1.82, 2.24) is 4.90 Å². The number of hydrogen-bond donors (Lipinski definition) is 0. The van der Waals surface area contributed by atoms with Crippen molar-refractivity contribution in [2.45, 2.75) is 64.3 Å². The summed E-state index contributed by atoms with van der Waals surface area (Å²) in [4.78, 5) is 38.2. The zero-order valence-electron chi connectivity index (χ0n) is 17.2. The molecule has 1 fully saturated rings. The van der Waals surface area contributed by atoms with Gasteiger partial charge >= 0.3 is 18.2 Å². The topological polar surface area (TPSA) is 72.9 Å². The van der Waals surface area contributed by atoms with Crippen molar-refractivity contribution in [3.05, 3.63) is 35.9 Å². The van der Waals surface area contributed by atoms with Gasteiger partial charge in [0.15, 0.2) is 0 Å². The number of cyclic esters (lactones) is 1. The molecule has 2 atom stereocenters. The smallest absolute Gasteiger partial charge is 0.416 e. The Hall–Kier alpha value is -2.58. The van der Waals surface area contributed by atoms with Gasteiger partial charge in [0.25, 0.3) is 0 Å². The summed E-state index contributed by atoms with van der Waals surface area (Å²) in [7, 11) is 0. The van der Waals surface area contributed by atoms with E-state index in [0.717, 1.165) is 10.5 Å². The minimum atomic E-state index is -4.50. The van der Waals surface area contributed by atoms with Crippen LogP contribution in [0.15, 0.2) is 30.3 Å². The Morgan fingerprint density at radius 1 is 1.20 bits per heavy atom. The van der Waals surface area contributed by atoms with Crippen molar-refractivity contribution in [1.29, 1.82) is 0 Å². The van der Waals surface area contributed by atoms with Crippen LogP contribution in [0.2, 0.25) is 0 Å². The van der Waals surface area contributed by atoms with E-state index in [0.29, 0.717) is 6.42 Å². The molecule has 2 unspecified atom stereocenters. The maximum atomic E-state index is 13.0. The van der Waals surface area contributed by atoms with Crippen LogP contribution in [-0.2, 0) is 25.5 Å². The Morgan fingerprint density at radius 3 is 2.40 bits per heavy atom. The van der Waals surface area contributed by atoms with Gasteiger partial charge in [-0.25, -0.2) is 9.69 Å². The lowest BCUT2D eigenvalue weighted by atomic mass is 9.96. The number of carbonyl (C=O) groups is 3. The van der Waals surface area contributed by atoms with Crippen molar-refractivity contribution >= 4 is 18.0 Å². The first-order valence-corrected chi connectivity index (χ1v) is 9.68. The van der Waals surface area contributed by atoms with Gasteiger partial charge in [0.05, 0.1) is 12.5 Å². The SMILES string of the molecule is CC(C)(C)OC(=O)CC(CCC(F)(F)F)C(=O)N1C(=O)OCC1Cc1ccccc1.